The van der Waals surface area contributed by atoms with E-state index in [1.165, 1.54) is 0 Å². The van der Waals surface area contributed by atoms with Gasteiger partial charge >= 0.3 is 5.97 Å². The van der Waals surface area contributed by atoms with Crippen molar-refractivity contribution < 1.29 is 14.6 Å². The lowest BCUT2D eigenvalue weighted by Gasteiger charge is -2.29. The number of esters is 1. The minimum atomic E-state index is -0.222. The van der Waals surface area contributed by atoms with Gasteiger partial charge in [0.2, 0.25) is 0 Å². The Balaban J connectivity index is 2.45. The first kappa shape index (κ1) is 10.5. The third kappa shape index (κ3) is 2.69. The van der Waals surface area contributed by atoms with Crippen LogP contribution in [-0.4, -0.2) is 23.8 Å². The highest BCUT2D eigenvalue weighted by atomic mass is 16.5. The van der Waals surface area contributed by atoms with Crippen LogP contribution < -0.4 is 0 Å². The molecule has 0 radical (unpaired) electrons. The molecule has 0 bridgehead atoms. The van der Waals surface area contributed by atoms with Crippen molar-refractivity contribution in [3.63, 3.8) is 0 Å². The zero-order valence-corrected chi connectivity index (χ0v) is 8.32. The Labute approximate surface area is 79.1 Å². The van der Waals surface area contributed by atoms with Crippen LogP contribution in [0.2, 0.25) is 0 Å². The molecule has 76 valence electrons. The van der Waals surface area contributed by atoms with E-state index in [-0.39, 0.29) is 23.9 Å². The van der Waals surface area contributed by atoms with Gasteiger partial charge in [0.05, 0.1) is 18.6 Å². The van der Waals surface area contributed by atoms with Gasteiger partial charge in [0.1, 0.15) is 0 Å². The van der Waals surface area contributed by atoms with E-state index < -0.39 is 0 Å². The van der Waals surface area contributed by atoms with Gasteiger partial charge in [-0.25, -0.2) is 0 Å². The molecule has 0 spiro atoms. The molecular formula is C10H18O3. The lowest BCUT2D eigenvalue weighted by molar-refractivity contribution is -0.152. The molecule has 1 unspecified atom stereocenters. The molecule has 1 saturated carbocycles. The van der Waals surface area contributed by atoms with Gasteiger partial charge in [-0.05, 0) is 32.1 Å². The van der Waals surface area contributed by atoms with E-state index in [2.05, 4.69) is 0 Å². The Morgan fingerprint density at radius 1 is 1.54 bits per heavy atom. The zero-order chi connectivity index (χ0) is 9.84. The lowest BCUT2D eigenvalue weighted by atomic mass is 9.79. The van der Waals surface area contributed by atoms with Crippen molar-refractivity contribution >= 4 is 5.97 Å². The maximum atomic E-state index is 11.4. The Kier molecular flexibility index (Phi) is 3.72. The van der Waals surface area contributed by atoms with Gasteiger partial charge in [0, 0.05) is 0 Å². The molecule has 0 amide bonds. The van der Waals surface area contributed by atoms with Gasteiger partial charge in [-0.15, -0.1) is 0 Å². The minimum absolute atomic E-state index is 0.00310. The van der Waals surface area contributed by atoms with Crippen molar-refractivity contribution in [3.05, 3.63) is 0 Å². The molecule has 3 nitrogen and oxygen atoms in total. The van der Waals surface area contributed by atoms with Crippen molar-refractivity contribution in [2.45, 2.75) is 39.2 Å². The van der Waals surface area contributed by atoms with E-state index in [0.29, 0.717) is 6.61 Å². The predicted octanol–water partition coefficient (Wildman–Crippen LogP) is 1.35. The van der Waals surface area contributed by atoms with Crippen molar-refractivity contribution in [1.29, 1.82) is 0 Å². The smallest absolute Gasteiger partial charge is 0.309 e. The molecule has 3 heteroatoms. The first-order valence-electron chi connectivity index (χ1n) is 4.99. The first-order valence-corrected chi connectivity index (χ1v) is 4.99. The number of hydrogen-bond acceptors (Lipinski definition) is 3. The Hall–Kier alpha value is -0.570. The monoisotopic (exact) mass is 186 g/mol. The number of rotatable bonds is 2. The fraction of sp³-hybridized carbons (Fsp3) is 0.900. The summed E-state index contributed by atoms with van der Waals surface area (Å²) >= 11 is 0. The van der Waals surface area contributed by atoms with E-state index in [1.807, 2.05) is 13.8 Å². The predicted molar refractivity (Wildman–Crippen MR) is 49.1 cm³/mol. The molecule has 3 atom stereocenters. The van der Waals surface area contributed by atoms with Crippen LogP contribution in [0.15, 0.2) is 0 Å². The Morgan fingerprint density at radius 2 is 2.23 bits per heavy atom. The number of ether oxygens (including phenoxy) is 1. The number of aliphatic hydroxyl groups is 1. The molecule has 13 heavy (non-hydrogen) atoms. The highest BCUT2D eigenvalue weighted by Crippen LogP contribution is 2.30. The summed E-state index contributed by atoms with van der Waals surface area (Å²) in [5.74, 6) is 0.160. The molecule has 0 saturated heterocycles. The first-order chi connectivity index (χ1) is 6.15. The summed E-state index contributed by atoms with van der Waals surface area (Å²) < 4.78 is 4.97. The lowest BCUT2D eigenvalue weighted by Crippen LogP contribution is -2.32. The summed E-state index contributed by atoms with van der Waals surface area (Å²) in [5, 5.41) is 9.36. The molecule has 0 aromatic heterocycles. The average Bonchev–Trinajstić information content (AvgIpc) is 2.04. The third-order valence-electron chi connectivity index (χ3n) is 2.73. The second-order valence-electron chi connectivity index (χ2n) is 3.80. The van der Waals surface area contributed by atoms with Crippen LogP contribution in [0.4, 0.5) is 0 Å². The summed E-state index contributed by atoms with van der Waals surface area (Å²) in [6, 6.07) is 0. The normalized spacial score (nSPS) is 34.2. The molecule has 0 aliphatic heterocycles. The van der Waals surface area contributed by atoms with Gasteiger partial charge in [-0.2, -0.15) is 0 Å². The molecule has 1 aliphatic carbocycles. The van der Waals surface area contributed by atoms with E-state index in [0.717, 1.165) is 19.3 Å². The third-order valence-corrected chi connectivity index (χ3v) is 2.73. The Morgan fingerprint density at radius 3 is 2.77 bits per heavy atom. The largest absolute Gasteiger partial charge is 0.466 e. The molecule has 1 fully saturated rings. The van der Waals surface area contributed by atoms with Crippen molar-refractivity contribution in [1.82, 2.24) is 0 Å². The van der Waals surface area contributed by atoms with Gasteiger partial charge in [0.25, 0.3) is 0 Å². The molecular weight excluding hydrogens is 168 g/mol. The van der Waals surface area contributed by atoms with Gasteiger partial charge in [0.15, 0.2) is 0 Å². The van der Waals surface area contributed by atoms with Crippen molar-refractivity contribution in [2.75, 3.05) is 6.61 Å². The minimum Gasteiger partial charge on any atom is -0.466 e. The summed E-state index contributed by atoms with van der Waals surface area (Å²) in [6.45, 7) is 4.27. The number of carbonyl (C=O) groups excluding carboxylic acids is 1. The second-order valence-corrected chi connectivity index (χ2v) is 3.80. The molecule has 1 N–H and O–H groups in total. The fourth-order valence-electron chi connectivity index (χ4n) is 1.97. The second kappa shape index (κ2) is 4.61. The number of aliphatic hydroxyl groups excluding tert-OH is 1. The molecule has 1 aliphatic rings. The maximum Gasteiger partial charge on any atom is 0.309 e. The Bertz CT molecular complexity index is 179. The molecule has 0 heterocycles. The summed E-state index contributed by atoms with van der Waals surface area (Å²) in [6.07, 6.45) is 2.00. The SMILES string of the molecule is CCOC(=O)[C@@H]1CCC(O)C[C@@H]1C. The fourth-order valence-corrected chi connectivity index (χ4v) is 1.97. The molecule has 0 aromatic carbocycles. The van der Waals surface area contributed by atoms with E-state index >= 15 is 0 Å². The van der Waals surface area contributed by atoms with Crippen molar-refractivity contribution in [3.8, 4) is 0 Å². The number of carbonyl (C=O) groups is 1. The molecule has 0 aromatic rings. The highest BCUT2D eigenvalue weighted by molar-refractivity contribution is 5.72. The van der Waals surface area contributed by atoms with Gasteiger partial charge in [-0.1, -0.05) is 6.92 Å². The maximum absolute atomic E-state index is 11.4. The standard InChI is InChI=1S/C10H18O3/c1-3-13-10(12)9-5-4-8(11)6-7(9)2/h7-9,11H,3-6H2,1-2H3/t7-,8?,9+/m0/s1. The van der Waals surface area contributed by atoms with Crippen LogP contribution in [0, 0.1) is 11.8 Å². The number of hydrogen-bond donors (Lipinski definition) is 1. The van der Waals surface area contributed by atoms with E-state index in [1.54, 1.807) is 0 Å². The summed E-state index contributed by atoms with van der Waals surface area (Å²) in [4.78, 5) is 11.4. The zero-order valence-electron chi connectivity index (χ0n) is 8.32. The van der Waals surface area contributed by atoms with Crippen LogP contribution in [0.3, 0.4) is 0 Å². The summed E-state index contributed by atoms with van der Waals surface area (Å²) in [5.41, 5.74) is 0. The van der Waals surface area contributed by atoms with Gasteiger partial charge in [-0.3, -0.25) is 4.79 Å². The van der Waals surface area contributed by atoms with Crippen LogP contribution in [-0.2, 0) is 9.53 Å². The van der Waals surface area contributed by atoms with Crippen LogP contribution in [0.25, 0.3) is 0 Å². The van der Waals surface area contributed by atoms with Crippen LogP contribution in [0.1, 0.15) is 33.1 Å². The van der Waals surface area contributed by atoms with E-state index in [4.69, 9.17) is 4.74 Å². The van der Waals surface area contributed by atoms with Crippen molar-refractivity contribution in [2.24, 2.45) is 11.8 Å². The van der Waals surface area contributed by atoms with Crippen LogP contribution >= 0.6 is 0 Å². The van der Waals surface area contributed by atoms with Gasteiger partial charge < -0.3 is 9.84 Å². The quantitative estimate of drug-likeness (QED) is 0.662. The van der Waals surface area contributed by atoms with E-state index in [9.17, 15) is 9.90 Å². The molecule has 1 rings (SSSR count). The highest BCUT2D eigenvalue weighted by Gasteiger charge is 2.32. The topological polar surface area (TPSA) is 46.5 Å². The summed E-state index contributed by atoms with van der Waals surface area (Å²) in [7, 11) is 0. The average molecular weight is 186 g/mol. The van der Waals surface area contributed by atoms with Crippen LogP contribution in [0.5, 0.6) is 0 Å².